The van der Waals surface area contributed by atoms with Crippen LogP contribution in [0.25, 0.3) is 0 Å². The zero-order valence-corrected chi connectivity index (χ0v) is 32.5. The van der Waals surface area contributed by atoms with Crippen LogP contribution in [0.4, 0.5) is 0 Å². The number of methoxy groups -OCH3 is 4. The summed E-state index contributed by atoms with van der Waals surface area (Å²) in [5.74, 6) is -0.952. The standard InChI is InChI=1S/C44H54N2O8/c1-28(2)38(43(49,30-18-9-13-22-34(30)51-5)31-19-10-14-23-35(31)52-6)46(41(48)42(40(45)47)26-17-27-42)39(29(3)4)44(50,32-20-11-15-24-36(32)53-7)33-21-12-16-25-37(33)54-8/h9-16,18-25,28-29,38-39,49-50H,17,26-27H2,1-8H3,(H2,45,47)/t38-,39-/m1/s1. The normalized spacial score (nSPS) is 15.2. The number of nitrogens with two attached hydrogens (primary N) is 1. The molecule has 0 unspecified atom stereocenters. The largest absolute Gasteiger partial charge is 0.496 e. The minimum absolute atomic E-state index is 0.219. The second-order valence-corrected chi connectivity index (χ2v) is 14.7. The van der Waals surface area contributed by atoms with Crippen LogP contribution >= 0.6 is 0 Å². The van der Waals surface area contributed by atoms with Gasteiger partial charge in [-0.15, -0.1) is 0 Å². The molecule has 0 aliphatic heterocycles. The van der Waals surface area contributed by atoms with E-state index in [1.54, 1.807) is 102 Å². The number of rotatable bonds is 16. The molecule has 1 aliphatic rings. The van der Waals surface area contributed by atoms with Crippen molar-refractivity contribution in [3.05, 3.63) is 119 Å². The van der Waals surface area contributed by atoms with E-state index in [0.717, 1.165) is 0 Å². The van der Waals surface area contributed by atoms with E-state index in [1.165, 1.54) is 28.4 Å². The highest BCUT2D eigenvalue weighted by Gasteiger charge is 2.62. The number of ether oxygens (including phenoxy) is 4. The van der Waals surface area contributed by atoms with Gasteiger partial charge in [0.15, 0.2) is 0 Å². The molecule has 0 radical (unpaired) electrons. The van der Waals surface area contributed by atoms with E-state index in [4.69, 9.17) is 24.7 Å². The highest BCUT2D eigenvalue weighted by Crippen LogP contribution is 2.54. The van der Waals surface area contributed by atoms with E-state index >= 15 is 4.79 Å². The highest BCUT2D eigenvalue weighted by atomic mass is 16.5. The number of primary amides is 1. The van der Waals surface area contributed by atoms with Crippen LogP contribution in [-0.2, 0) is 20.8 Å². The van der Waals surface area contributed by atoms with Gasteiger partial charge in [0.1, 0.15) is 39.6 Å². The Morgan fingerprint density at radius 3 is 1.07 bits per heavy atom. The zero-order valence-electron chi connectivity index (χ0n) is 32.5. The van der Waals surface area contributed by atoms with E-state index in [2.05, 4.69) is 0 Å². The molecule has 5 rings (SSSR count). The molecular weight excluding hydrogens is 684 g/mol. The van der Waals surface area contributed by atoms with E-state index < -0.39 is 52.4 Å². The lowest BCUT2D eigenvalue weighted by molar-refractivity contribution is -0.178. The minimum Gasteiger partial charge on any atom is -0.496 e. The molecule has 0 bridgehead atoms. The van der Waals surface area contributed by atoms with E-state index in [0.29, 0.717) is 51.7 Å². The molecule has 0 saturated heterocycles. The topological polar surface area (TPSA) is 141 Å². The maximum atomic E-state index is 15.9. The molecule has 10 nitrogen and oxygen atoms in total. The van der Waals surface area contributed by atoms with Crippen molar-refractivity contribution in [2.75, 3.05) is 28.4 Å². The molecule has 10 heteroatoms. The Labute approximate surface area is 318 Å². The van der Waals surface area contributed by atoms with Gasteiger partial charge in [0.25, 0.3) is 0 Å². The van der Waals surface area contributed by atoms with Crippen molar-refractivity contribution in [2.24, 2.45) is 23.0 Å². The van der Waals surface area contributed by atoms with Crippen molar-refractivity contribution in [2.45, 2.75) is 70.2 Å². The number of amides is 2. The van der Waals surface area contributed by atoms with Gasteiger partial charge in [-0.3, -0.25) is 9.59 Å². The highest BCUT2D eigenvalue weighted by molar-refractivity contribution is 6.05. The number of carbonyl (C=O) groups is 2. The van der Waals surface area contributed by atoms with Crippen LogP contribution in [0.15, 0.2) is 97.1 Å². The molecule has 0 heterocycles. The van der Waals surface area contributed by atoms with Gasteiger partial charge >= 0.3 is 0 Å². The quantitative estimate of drug-likeness (QED) is 0.112. The minimum atomic E-state index is -2.07. The fourth-order valence-corrected chi connectivity index (χ4v) is 8.54. The molecule has 0 spiro atoms. The summed E-state index contributed by atoms with van der Waals surface area (Å²) in [6.07, 6.45) is 1.04. The number of benzene rings is 4. The Kier molecular flexibility index (Phi) is 12.0. The summed E-state index contributed by atoms with van der Waals surface area (Å²) in [4.78, 5) is 31.0. The molecular formula is C44H54N2O8. The number of nitrogens with zero attached hydrogens (tertiary/aromatic N) is 1. The second-order valence-electron chi connectivity index (χ2n) is 14.7. The van der Waals surface area contributed by atoms with Crippen molar-refractivity contribution in [3.63, 3.8) is 0 Å². The summed E-state index contributed by atoms with van der Waals surface area (Å²) in [6, 6.07) is 26.0. The molecule has 1 saturated carbocycles. The van der Waals surface area contributed by atoms with Gasteiger partial charge < -0.3 is 39.8 Å². The van der Waals surface area contributed by atoms with Gasteiger partial charge in [-0.1, -0.05) is 107 Å². The molecule has 54 heavy (non-hydrogen) atoms. The maximum absolute atomic E-state index is 15.9. The summed E-state index contributed by atoms with van der Waals surface area (Å²) < 4.78 is 23.6. The second kappa shape index (κ2) is 16.1. The Morgan fingerprint density at radius 1 is 0.593 bits per heavy atom. The van der Waals surface area contributed by atoms with Crippen molar-refractivity contribution in [1.29, 1.82) is 0 Å². The van der Waals surface area contributed by atoms with Crippen LogP contribution in [-0.4, -0.2) is 67.5 Å². The van der Waals surface area contributed by atoms with Gasteiger partial charge in [0, 0.05) is 22.3 Å². The third-order valence-electron chi connectivity index (χ3n) is 11.1. The predicted octanol–water partition coefficient (Wildman–Crippen LogP) is 6.43. The summed E-state index contributed by atoms with van der Waals surface area (Å²) in [7, 11) is 6.07. The summed E-state index contributed by atoms with van der Waals surface area (Å²) in [6.45, 7) is 7.62. The van der Waals surface area contributed by atoms with Gasteiger partial charge in [-0.05, 0) is 48.9 Å². The Balaban J connectivity index is 2.01. The first-order valence-electron chi connectivity index (χ1n) is 18.4. The first kappa shape index (κ1) is 40.1. The van der Waals surface area contributed by atoms with E-state index in [-0.39, 0.29) is 12.8 Å². The molecule has 288 valence electrons. The van der Waals surface area contributed by atoms with Crippen LogP contribution < -0.4 is 24.7 Å². The molecule has 4 aromatic rings. The molecule has 1 fully saturated rings. The third-order valence-corrected chi connectivity index (χ3v) is 11.1. The van der Waals surface area contributed by atoms with Crippen molar-refractivity contribution in [3.8, 4) is 23.0 Å². The Morgan fingerprint density at radius 2 is 0.870 bits per heavy atom. The fourth-order valence-electron chi connectivity index (χ4n) is 8.54. The van der Waals surface area contributed by atoms with Crippen LogP contribution in [0.2, 0.25) is 0 Å². The van der Waals surface area contributed by atoms with Crippen molar-refractivity contribution in [1.82, 2.24) is 4.90 Å². The molecule has 1 aliphatic carbocycles. The summed E-state index contributed by atoms with van der Waals surface area (Å²) in [5.41, 5.74) is 1.88. The Bertz CT molecular complexity index is 1730. The third kappa shape index (κ3) is 6.55. The monoisotopic (exact) mass is 738 g/mol. The first-order valence-corrected chi connectivity index (χ1v) is 18.4. The number of carbonyl (C=O) groups excluding carboxylic acids is 2. The average Bonchev–Trinajstić information content (AvgIpc) is 3.16. The van der Waals surface area contributed by atoms with Gasteiger partial charge in [0.05, 0.1) is 40.5 Å². The van der Waals surface area contributed by atoms with Crippen molar-refractivity contribution < 1.29 is 38.7 Å². The molecule has 0 aromatic heterocycles. The number of para-hydroxylation sites is 4. The number of aliphatic hydroxyl groups is 2. The fraction of sp³-hybridized carbons (Fsp3) is 0.409. The number of hydrogen-bond acceptors (Lipinski definition) is 8. The van der Waals surface area contributed by atoms with Crippen molar-refractivity contribution >= 4 is 11.8 Å². The summed E-state index contributed by atoms with van der Waals surface area (Å²) in [5, 5.41) is 27.9. The van der Waals surface area contributed by atoms with Gasteiger partial charge in [0.2, 0.25) is 11.8 Å². The lowest BCUT2D eigenvalue weighted by atomic mass is 9.64. The first-order chi connectivity index (χ1) is 25.8. The van der Waals surface area contributed by atoms with Crippen LogP contribution in [0.5, 0.6) is 23.0 Å². The maximum Gasteiger partial charge on any atom is 0.239 e. The molecule has 4 aromatic carbocycles. The smallest absolute Gasteiger partial charge is 0.239 e. The lowest BCUT2D eigenvalue weighted by Crippen LogP contribution is -2.69. The van der Waals surface area contributed by atoms with Gasteiger partial charge in [-0.25, -0.2) is 0 Å². The zero-order chi connectivity index (χ0) is 39.4. The van der Waals surface area contributed by atoms with Gasteiger partial charge in [-0.2, -0.15) is 0 Å². The average molecular weight is 739 g/mol. The SMILES string of the molecule is COc1ccccc1C(O)(c1ccccc1OC)[C@@H](C(C)C)N(C(=O)C1(C(N)=O)CCC1)[C@H](C(C)C)C(O)(c1ccccc1OC)c1ccccc1OC. The van der Waals surface area contributed by atoms with Crippen LogP contribution in [0.1, 0.15) is 69.2 Å². The molecule has 2 amide bonds. The predicted molar refractivity (Wildman–Crippen MR) is 208 cm³/mol. The van der Waals surface area contributed by atoms with Crippen LogP contribution in [0.3, 0.4) is 0 Å². The Hall–Kier alpha value is -5.06. The summed E-state index contributed by atoms with van der Waals surface area (Å²) >= 11 is 0. The molecule has 4 N–H and O–H groups in total. The van der Waals surface area contributed by atoms with E-state index in [1.807, 2.05) is 27.7 Å². The lowest BCUT2D eigenvalue weighted by Gasteiger charge is -2.56. The number of hydrogen-bond donors (Lipinski definition) is 3. The molecule has 2 atom stereocenters. The van der Waals surface area contributed by atoms with E-state index in [9.17, 15) is 15.0 Å². The van der Waals surface area contributed by atoms with Crippen LogP contribution in [0, 0.1) is 17.3 Å².